The van der Waals surface area contributed by atoms with Crippen molar-refractivity contribution in [3.63, 3.8) is 0 Å². The van der Waals surface area contributed by atoms with Crippen LogP contribution in [0.4, 0.5) is 0 Å². The molecule has 3 saturated carbocycles. The summed E-state index contributed by atoms with van der Waals surface area (Å²) in [5.41, 5.74) is 3.88. The molecule has 0 nitrogen and oxygen atoms in total. The average Bonchev–Trinajstić information content (AvgIpc) is 2.58. The van der Waals surface area contributed by atoms with Crippen molar-refractivity contribution in [3.05, 3.63) is 11.1 Å². The Balaban J connectivity index is 1.81. The van der Waals surface area contributed by atoms with E-state index in [1.165, 1.54) is 96.3 Å². The Morgan fingerprint density at radius 1 is 0.476 bits per heavy atom. The second kappa shape index (κ2) is 7.84. The monoisotopic (exact) mass is 288 g/mol. The molecule has 120 valence electrons. The summed E-state index contributed by atoms with van der Waals surface area (Å²) in [6, 6.07) is 0. The molecule has 3 rings (SSSR count). The molecule has 0 aromatic carbocycles. The highest BCUT2D eigenvalue weighted by molar-refractivity contribution is 5.22. The summed E-state index contributed by atoms with van der Waals surface area (Å²) < 4.78 is 0. The van der Waals surface area contributed by atoms with Gasteiger partial charge in [-0.25, -0.2) is 0 Å². The molecule has 0 saturated heterocycles. The Morgan fingerprint density at radius 2 is 0.810 bits per heavy atom. The van der Waals surface area contributed by atoms with Crippen molar-refractivity contribution < 1.29 is 0 Å². The summed E-state index contributed by atoms with van der Waals surface area (Å²) in [5, 5.41) is 0. The van der Waals surface area contributed by atoms with E-state index in [2.05, 4.69) is 6.92 Å². The summed E-state index contributed by atoms with van der Waals surface area (Å²) >= 11 is 0. The van der Waals surface area contributed by atoms with Crippen LogP contribution in [-0.2, 0) is 0 Å². The molecule has 3 aliphatic rings. The number of hydrogen-bond acceptors (Lipinski definition) is 0. The summed E-state index contributed by atoms with van der Waals surface area (Å²) in [4.78, 5) is 0. The van der Waals surface area contributed by atoms with Gasteiger partial charge in [0.1, 0.15) is 0 Å². The Bertz CT molecular complexity index is 313. The first-order chi connectivity index (χ1) is 10.4. The molecule has 0 heteroatoms. The SMILES string of the molecule is CC(=C(C1CCCCC1)C1CCCCC1)C1CCCCC1. The van der Waals surface area contributed by atoms with Crippen LogP contribution >= 0.6 is 0 Å². The van der Waals surface area contributed by atoms with Crippen molar-refractivity contribution in [1.29, 1.82) is 0 Å². The molecule has 0 aromatic rings. The molecule has 0 N–H and O–H groups in total. The van der Waals surface area contributed by atoms with E-state index in [1.54, 1.807) is 0 Å². The standard InChI is InChI=1S/C21H36/c1-17(18-11-5-2-6-12-18)21(19-13-7-3-8-14-19)20-15-9-4-10-16-20/h18-20H,2-16H2,1H3. The van der Waals surface area contributed by atoms with Crippen LogP contribution in [0, 0.1) is 17.8 Å². The van der Waals surface area contributed by atoms with Crippen molar-refractivity contribution in [1.82, 2.24) is 0 Å². The lowest BCUT2D eigenvalue weighted by molar-refractivity contribution is 0.311. The third-order valence-electron chi connectivity index (χ3n) is 6.76. The van der Waals surface area contributed by atoms with Crippen LogP contribution in [0.5, 0.6) is 0 Å². The van der Waals surface area contributed by atoms with Crippen LogP contribution in [0.15, 0.2) is 11.1 Å². The van der Waals surface area contributed by atoms with E-state index >= 15 is 0 Å². The van der Waals surface area contributed by atoms with E-state index in [9.17, 15) is 0 Å². The molecule has 0 heterocycles. The summed E-state index contributed by atoms with van der Waals surface area (Å²) in [7, 11) is 0. The average molecular weight is 289 g/mol. The summed E-state index contributed by atoms with van der Waals surface area (Å²) in [6.45, 7) is 2.55. The molecule has 0 bridgehead atoms. The van der Waals surface area contributed by atoms with Crippen LogP contribution in [0.3, 0.4) is 0 Å². The first-order valence-corrected chi connectivity index (χ1v) is 10.1. The predicted octanol–water partition coefficient (Wildman–Crippen LogP) is 7.04. The third kappa shape index (κ3) is 3.93. The van der Waals surface area contributed by atoms with Crippen molar-refractivity contribution in [3.8, 4) is 0 Å². The maximum absolute atomic E-state index is 2.55. The molecule has 0 atom stereocenters. The zero-order valence-electron chi connectivity index (χ0n) is 14.3. The molecule has 0 aromatic heterocycles. The van der Waals surface area contributed by atoms with Gasteiger partial charge in [-0.2, -0.15) is 0 Å². The van der Waals surface area contributed by atoms with Crippen LogP contribution < -0.4 is 0 Å². The van der Waals surface area contributed by atoms with Gasteiger partial charge >= 0.3 is 0 Å². The van der Waals surface area contributed by atoms with Crippen LogP contribution in [0.2, 0.25) is 0 Å². The number of hydrogen-bond donors (Lipinski definition) is 0. The molecule has 0 unspecified atom stereocenters. The molecule has 3 aliphatic carbocycles. The minimum Gasteiger partial charge on any atom is -0.0705 e. The van der Waals surface area contributed by atoms with Gasteiger partial charge < -0.3 is 0 Å². The predicted molar refractivity (Wildman–Crippen MR) is 92.4 cm³/mol. The second-order valence-electron chi connectivity index (χ2n) is 8.14. The second-order valence-corrected chi connectivity index (χ2v) is 8.14. The molecule has 0 amide bonds. The minimum absolute atomic E-state index is 0.956. The highest BCUT2D eigenvalue weighted by atomic mass is 14.3. The van der Waals surface area contributed by atoms with Gasteiger partial charge in [-0.05, 0) is 63.2 Å². The molecule has 21 heavy (non-hydrogen) atoms. The quantitative estimate of drug-likeness (QED) is 0.488. The number of rotatable bonds is 3. The third-order valence-corrected chi connectivity index (χ3v) is 6.76. The summed E-state index contributed by atoms with van der Waals surface area (Å²) in [6.07, 6.45) is 22.5. The fourth-order valence-electron chi connectivity index (χ4n) is 5.58. The Hall–Kier alpha value is -0.260. The Morgan fingerprint density at radius 3 is 1.19 bits per heavy atom. The van der Waals surface area contributed by atoms with Crippen LogP contribution in [-0.4, -0.2) is 0 Å². The fraction of sp³-hybridized carbons (Fsp3) is 0.905. The highest BCUT2D eigenvalue weighted by Crippen LogP contribution is 2.44. The molecule has 0 spiro atoms. The van der Waals surface area contributed by atoms with E-state index in [0.29, 0.717) is 0 Å². The smallest absolute Gasteiger partial charge is 0.0198 e. The largest absolute Gasteiger partial charge is 0.0705 e. The van der Waals surface area contributed by atoms with Gasteiger partial charge in [-0.15, -0.1) is 0 Å². The van der Waals surface area contributed by atoms with E-state index < -0.39 is 0 Å². The van der Waals surface area contributed by atoms with Crippen molar-refractivity contribution in [2.24, 2.45) is 17.8 Å². The van der Waals surface area contributed by atoms with Gasteiger partial charge in [0, 0.05) is 0 Å². The van der Waals surface area contributed by atoms with E-state index in [4.69, 9.17) is 0 Å². The maximum Gasteiger partial charge on any atom is -0.0198 e. The van der Waals surface area contributed by atoms with Crippen LogP contribution in [0.1, 0.15) is 103 Å². The highest BCUT2D eigenvalue weighted by Gasteiger charge is 2.29. The van der Waals surface area contributed by atoms with Gasteiger partial charge in [0.2, 0.25) is 0 Å². The Kier molecular flexibility index (Phi) is 5.83. The first kappa shape index (κ1) is 15.6. The topological polar surface area (TPSA) is 0 Å². The molecule has 0 radical (unpaired) electrons. The molecule has 0 aliphatic heterocycles. The van der Waals surface area contributed by atoms with Gasteiger partial charge in [0.25, 0.3) is 0 Å². The summed E-state index contributed by atoms with van der Waals surface area (Å²) in [5.74, 6) is 2.91. The Labute approximate surface area is 132 Å². The fourth-order valence-corrected chi connectivity index (χ4v) is 5.58. The maximum atomic E-state index is 2.55. The lowest BCUT2D eigenvalue weighted by Crippen LogP contribution is -2.22. The van der Waals surface area contributed by atoms with E-state index in [0.717, 1.165) is 17.8 Å². The molecular weight excluding hydrogens is 252 g/mol. The van der Waals surface area contributed by atoms with Crippen LogP contribution in [0.25, 0.3) is 0 Å². The van der Waals surface area contributed by atoms with Gasteiger partial charge in [0.15, 0.2) is 0 Å². The molecular formula is C21H36. The van der Waals surface area contributed by atoms with Gasteiger partial charge in [-0.3, -0.25) is 0 Å². The van der Waals surface area contributed by atoms with Gasteiger partial charge in [0.05, 0.1) is 0 Å². The zero-order chi connectivity index (χ0) is 14.5. The van der Waals surface area contributed by atoms with Gasteiger partial charge in [-0.1, -0.05) is 68.9 Å². The minimum atomic E-state index is 0.956. The van der Waals surface area contributed by atoms with Crippen molar-refractivity contribution in [2.45, 2.75) is 103 Å². The lowest BCUT2D eigenvalue weighted by atomic mass is 9.69. The van der Waals surface area contributed by atoms with Crippen molar-refractivity contribution >= 4 is 0 Å². The van der Waals surface area contributed by atoms with E-state index in [1.807, 2.05) is 11.1 Å². The first-order valence-electron chi connectivity index (χ1n) is 10.1. The number of allylic oxidation sites excluding steroid dienone is 2. The normalized spacial score (nSPS) is 26.7. The molecule has 3 fully saturated rings. The zero-order valence-corrected chi connectivity index (χ0v) is 14.3. The lowest BCUT2D eigenvalue weighted by Gasteiger charge is -2.36. The van der Waals surface area contributed by atoms with Crippen molar-refractivity contribution in [2.75, 3.05) is 0 Å². The van der Waals surface area contributed by atoms with E-state index in [-0.39, 0.29) is 0 Å².